The van der Waals surface area contributed by atoms with E-state index < -0.39 is 11.8 Å². The standard InChI is InChI=1S/C15H19FN2O3.ClH/c16-12-5-1-2-6-13(12)17-14(19)7-9-18-8-3-4-11(10-18)15(20)21;/h1-2,5-6,11H,3-4,7-10H2,(H,17,19)(H,20,21);1H. The molecule has 1 atom stereocenters. The number of carboxylic acids is 1. The minimum Gasteiger partial charge on any atom is -0.481 e. The smallest absolute Gasteiger partial charge is 0.307 e. The monoisotopic (exact) mass is 330 g/mol. The summed E-state index contributed by atoms with van der Waals surface area (Å²) in [5.41, 5.74) is 0.171. The molecule has 1 heterocycles. The maximum Gasteiger partial charge on any atom is 0.307 e. The van der Waals surface area contributed by atoms with Crippen molar-refractivity contribution in [3.05, 3.63) is 30.1 Å². The molecule has 2 N–H and O–H groups in total. The van der Waals surface area contributed by atoms with E-state index in [0.717, 1.165) is 13.0 Å². The highest BCUT2D eigenvalue weighted by atomic mass is 35.5. The van der Waals surface area contributed by atoms with Crippen molar-refractivity contribution in [2.24, 2.45) is 5.92 Å². The van der Waals surface area contributed by atoms with Crippen LogP contribution in [0.1, 0.15) is 19.3 Å². The van der Waals surface area contributed by atoms with E-state index >= 15 is 0 Å². The number of carbonyl (C=O) groups is 2. The summed E-state index contributed by atoms with van der Waals surface area (Å²) in [6, 6.07) is 6.01. The normalized spacial score (nSPS) is 18.3. The van der Waals surface area contributed by atoms with Gasteiger partial charge in [0.1, 0.15) is 5.82 Å². The van der Waals surface area contributed by atoms with E-state index in [1.807, 2.05) is 4.90 Å². The van der Waals surface area contributed by atoms with Gasteiger partial charge in [-0.15, -0.1) is 12.4 Å². The Morgan fingerprint density at radius 2 is 2.09 bits per heavy atom. The zero-order chi connectivity index (χ0) is 15.2. The molecule has 1 fully saturated rings. The zero-order valence-electron chi connectivity index (χ0n) is 12.1. The predicted octanol–water partition coefficient (Wildman–Crippen LogP) is 2.37. The third-order valence-electron chi connectivity index (χ3n) is 3.66. The molecule has 1 saturated heterocycles. The molecule has 22 heavy (non-hydrogen) atoms. The van der Waals surface area contributed by atoms with Gasteiger partial charge in [-0.05, 0) is 31.5 Å². The number of rotatable bonds is 5. The number of piperidine rings is 1. The summed E-state index contributed by atoms with van der Waals surface area (Å²) in [6.45, 7) is 1.77. The minimum atomic E-state index is -0.782. The molecule has 1 unspecified atom stereocenters. The third-order valence-corrected chi connectivity index (χ3v) is 3.66. The molecular weight excluding hydrogens is 311 g/mol. The van der Waals surface area contributed by atoms with Gasteiger partial charge in [0.15, 0.2) is 0 Å². The molecule has 1 aliphatic heterocycles. The average molecular weight is 331 g/mol. The quantitative estimate of drug-likeness (QED) is 0.869. The number of aliphatic carboxylic acids is 1. The molecular formula is C15H20ClFN2O3. The first-order chi connectivity index (χ1) is 10.1. The molecule has 1 amide bonds. The van der Waals surface area contributed by atoms with E-state index in [0.29, 0.717) is 19.5 Å². The number of hydrogen-bond donors (Lipinski definition) is 2. The summed E-state index contributed by atoms with van der Waals surface area (Å²) in [7, 11) is 0. The van der Waals surface area contributed by atoms with Crippen LogP contribution in [0.25, 0.3) is 0 Å². The number of likely N-dealkylation sites (tertiary alicyclic amines) is 1. The predicted molar refractivity (Wildman–Crippen MR) is 83.7 cm³/mol. The number of nitrogens with zero attached hydrogens (tertiary/aromatic N) is 1. The topological polar surface area (TPSA) is 69.6 Å². The first kappa shape index (κ1) is 18.4. The third kappa shape index (κ3) is 5.27. The van der Waals surface area contributed by atoms with Gasteiger partial charge in [-0.1, -0.05) is 12.1 Å². The summed E-state index contributed by atoms with van der Waals surface area (Å²) < 4.78 is 13.4. The molecule has 0 radical (unpaired) electrons. The van der Waals surface area contributed by atoms with Gasteiger partial charge in [0.2, 0.25) is 5.91 Å². The lowest BCUT2D eigenvalue weighted by molar-refractivity contribution is -0.143. The van der Waals surface area contributed by atoms with Gasteiger partial charge in [-0.3, -0.25) is 9.59 Å². The van der Waals surface area contributed by atoms with Gasteiger partial charge in [0.25, 0.3) is 0 Å². The van der Waals surface area contributed by atoms with E-state index in [2.05, 4.69) is 5.32 Å². The van der Waals surface area contributed by atoms with Crippen molar-refractivity contribution >= 4 is 30.0 Å². The number of carboxylic acid groups (broad SMARTS) is 1. The van der Waals surface area contributed by atoms with Crippen molar-refractivity contribution in [2.45, 2.75) is 19.3 Å². The molecule has 5 nitrogen and oxygen atoms in total. The van der Waals surface area contributed by atoms with Gasteiger partial charge in [0.05, 0.1) is 11.6 Å². The second-order valence-corrected chi connectivity index (χ2v) is 5.26. The largest absolute Gasteiger partial charge is 0.481 e. The van der Waals surface area contributed by atoms with Crippen molar-refractivity contribution in [3.63, 3.8) is 0 Å². The fraction of sp³-hybridized carbons (Fsp3) is 0.467. The van der Waals surface area contributed by atoms with E-state index in [9.17, 15) is 14.0 Å². The number of halogens is 2. The molecule has 2 rings (SSSR count). The molecule has 122 valence electrons. The van der Waals surface area contributed by atoms with Crippen molar-refractivity contribution in [3.8, 4) is 0 Å². The first-order valence-corrected chi connectivity index (χ1v) is 7.06. The lowest BCUT2D eigenvalue weighted by Crippen LogP contribution is -2.40. The van der Waals surface area contributed by atoms with E-state index in [4.69, 9.17) is 5.11 Å². The lowest BCUT2D eigenvalue weighted by Gasteiger charge is -2.30. The van der Waals surface area contributed by atoms with Crippen LogP contribution in [-0.4, -0.2) is 41.5 Å². The Balaban J connectivity index is 0.00000242. The molecule has 0 aromatic heterocycles. The van der Waals surface area contributed by atoms with E-state index in [1.54, 1.807) is 12.1 Å². The lowest BCUT2D eigenvalue weighted by atomic mass is 9.98. The Kier molecular flexibility index (Phi) is 7.27. The van der Waals surface area contributed by atoms with Crippen LogP contribution in [0.4, 0.5) is 10.1 Å². The van der Waals surface area contributed by atoms with Gasteiger partial charge < -0.3 is 15.3 Å². The number of carbonyl (C=O) groups excluding carboxylic acids is 1. The van der Waals surface area contributed by atoms with Crippen molar-refractivity contribution < 1.29 is 19.1 Å². The molecule has 0 saturated carbocycles. The van der Waals surface area contributed by atoms with Gasteiger partial charge in [0, 0.05) is 19.5 Å². The van der Waals surface area contributed by atoms with Crippen LogP contribution in [0.3, 0.4) is 0 Å². The zero-order valence-corrected chi connectivity index (χ0v) is 12.9. The fourth-order valence-electron chi connectivity index (χ4n) is 2.50. The summed E-state index contributed by atoms with van der Waals surface area (Å²) in [6.07, 6.45) is 1.74. The SMILES string of the molecule is Cl.O=C(CCN1CCCC(C(=O)O)C1)Nc1ccccc1F. The van der Waals surface area contributed by atoms with Crippen molar-refractivity contribution in [1.82, 2.24) is 4.90 Å². The molecule has 0 spiro atoms. The highest BCUT2D eigenvalue weighted by Gasteiger charge is 2.25. The second kappa shape index (κ2) is 8.70. The summed E-state index contributed by atoms with van der Waals surface area (Å²) in [5, 5.41) is 11.5. The molecule has 1 aromatic carbocycles. The number of anilines is 1. The van der Waals surface area contributed by atoms with Crippen LogP contribution >= 0.6 is 12.4 Å². The molecule has 1 aromatic rings. The van der Waals surface area contributed by atoms with Crippen LogP contribution in [0, 0.1) is 11.7 Å². The van der Waals surface area contributed by atoms with E-state index in [1.165, 1.54) is 12.1 Å². The summed E-state index contributed by atoms with van der Waals surface area (Å²) in [4.78, 5) is 24.7. The maximum atomic E-state index is 13.4. The van der Waals surface area contributed by atoms with Crippen LogP contribution in [-0.2, 0) is 9.59 Å². The molecule has 0 bridgehead atoms. The van der Waals surface area contributed by atoms with Gasteiger partial charge >= 0.3 is 5.97 Å². The highest BCUT2D eigenvalue weighted by molar-refractivity contribution is 5.90. The Morgan fingerprint density at radius 3 is 2.77 bits per heavy atom. The van der Waals surface area contributed by atoms with Crippen LogP contribution in [0.5, 0.6) is 0 Å². The van der Waals surface area contributed by atoms with Crippen molar-refractivity contribution in [2.75, 3.05) is 25.0 Å². The number of nitrogens with one attached hydrogen (secondary N) is 1. The minimum absolute atomic E-state index is 0. The molecule has 1 aliphatic rings. The van der Waals surface area contributed by atoms with Crippen LogP contribution < -0.4 is 5.32 Å². The fourth-order valence-corrected chi connectivity index (χ4v) is 2.50. The number of amides is 1. The van der Waals surface area contributed by atoms with Crippen molar-refractivity contribution in [1.29, 1.82) is 0 Å². The van der Waals surface area contributed by atoms with Crippen LogP contribution in [0.2, 0.25) is 0 Å². The number of benzene rings is 1. The Morgan fingerprint density at radius 1 is 1.36 bits per heavy atom. The van der Waals surface area contributed by atoms with Gasteiger partial charge in [-0.2, -0.15) is 0 Å². The average Bonchev–Trinajstić information content (AvgIpc) is 2.48. The van der Waals surface area contributed by atoms with Crippen LogP contribution in [0.15, 0.2) is 24.3 Å². The number of hydrogen-bond acceptors (Lipinski definition) is 3. The molecule has 0 aliphatic carbocycles. The Labute approximate surface area is 134 Å². The summed E-state index contributed by atoms with van der Waals surface area (Å²) >= 11 is 0. The van der Waals surface area contributed by atoms with Gasteiger partial charge in [-0.25, -0.2) is 4.39 Å². The highest BCUT2D eigenvalue weighted by Crippen LogP contribution is 2.17. The van der Waals surface area contributed by atoms with E-state index in [-0.39, 0.29) is 36.3 Å². The Bertz CT molecular complexity index is 527. The molecule has 7 heteroatoms. The number of para-hydroxylation sites is 1. The maximum absolute atomic E-state index is 13.4. The summed E-state index contributed by atoms with van der Waals surface area (Å²) in [5.74, 6) is -1.86. The second-order valence-electron chi connectivity index (χ2n) is 5.26. The Hall–Kier alpha value is -1.66. The first-order valence-electron chi connectivity index (χ1n) is 7.06.